The largest absolute Gasteiger partial charge is 0.365 e. The van der Waals surface area contributed by atoms with E-state index in [2.05, 4.69) is 25.6 Å². The molecule has 0 aliphatic carbocycles. The van der Waals surface area contributed by atoms with Gasteiger partial charge < -0.3 is 5.73 Å². The summed E-state index contributed by atoms with van der Waals surface area (Å²) in [4.78, 5) is 5.36. The van der Waals surface area contributed by atoms with Gasteiger partial charge in [-0.15, -0.1) is 0 Å². The zero-order valence-electron chi connectivity index (χ0n) is 8.07. The van der Waals surface area contributed by atoms with Crippen molar-refractivity contribution in [1.29, 1.82) is 0 Å². The zero-order chi connectivity index (χ0) is 10.7. The second-order valence-corrected chi connectivity index (χ2v) is 2.87. The Kier molecular flexibility index (Phi) is 2.36. The molecule has 2 aromatic rings. The molecule has 7 heteroatoms. The van der Waals surface area contributed by atoms with Crippen LogP contribution in [0, 0.1) is 6.92 Å². The molecule has 0 aliphatic heterocycles. The Morgan fingerprint density at radius 2 is 2.33 bits per heavy atom. The van der Waals surface area contributed by atoms with E-state index in [9.17, 15) is 0 Å². The van der Waals surface area contributed by atoms with Gasteiger partial charge in [-0.3, -0.25) is 4.98 Å². The lowest BCUT2D eigenvalue weighted by molar-refractivity contribution is 0.699. The molecule has 0 saturated heterocycles. The van der Waals surface area contributed by atoms with Crippen LogP contribution < -0.4 is 5.73 Å². The fraction of sp³-hybridized carbons (Fsp3) is 0.125. The molecule has 15 heavy (non-hydrogen) atoms. The van der Waals surface area contributed by atoms with Gasteiger partial charge in [0.1, 0.15) is 0 Å². The molecule has 0 spiro atoms. The van der Waals surface area contributed by atoms with Crippen LogP contribution in [0.15, 0.2) is 23.3 Å². The number of hydrogen-bond acceptors (Lipinski definition) is 6. The molecule has 2 aromatic heterocycles. The summed E-state index contributed by atoms with van der Waals surface area (Å²) in [5, 5.41) is 14.4. The molecule has 0 atom stereocenters. The summed E-state index contributed by atoms with van der Waals surface area (Å²) in [5.74, 6) is 0.138. The third-order valence-corrected chi connectivity index (χ3v) is 1.69. The van der Waals surface area contributed by atoms with E-state index in [1.807, 2.05) is 25.1 Å². The topological polar surface area (TPSA) is 94.9 Å². The highest BCUT2D eigenvalue weighted by Gasteiger charge is 1.96. The molecule has 76 valence electrons. The molecule has 0 bridgehead atoms. The predicted molar refractivity (Wildman–Crippen MR) is 54.2 cm³/mol. The summed E-state index contributed by atoms with van der Waals surface area (Å²) in [7, 11) is 0. The first-order valence-electron chi connectivity index (χ1n) is 4.27. The van der Waals surface area contributed by atoms with E-state index in [-0.39, 0.29) is 5.95 Å². The van der Waals surface area contributed by atoms with Crippen molar-refractivity contribution in [2.45, 2.75) is 6.92 Å². The number of tetrazole rings is 1. The Morgan fingerprint density at radius 3 is 3.00 bits per heavy atom. The molecule has 0 amide bonds. The Hall–Kier alpha value is -2.31. The minimum atomic E-state index is 0.138. The summed E-state index contributed by atoms with van der Waals surface area (Å²) in [6, 6.07) is 5.63. The van der Waals surface area contributed by atoms with E-state index >= 15 is 0 Å². The molecule has 7 nitrogen and oxygen atoms in total. The molecular formula is C8H9N7. The first-order valence-corrected chi connectivity index (χ1v) is 4.27. The SMILES string of the molecule is Cc1cccc(C=Nn2nnnc2N)n1. The van der Waals surface area contributed by atoms with E-state index in [0.717, 1.165) is 16.2 Å². The Morgan fingerprint density at radius 1 is 1.47 bits per heavy atom. The molecule has 2 rings (SSSR count). The van der Waals surface area contributed by atoms with Crippen LogP contribution in [0.25, 0.3) is 0 Å². The lowest BCUT2D eigenvalue weighted by atomic mass is 10.3. The molecule has 0 aliphatic rings. The van der Waals surface area contributed by atoms with Gasteiger partial charge in [0.05, 0.1) is 11.9 Å². The maximum atomic E-state index is 5.43. The fourth-order valence-corrected chi connectivity index (χ4v) is 1.02. The van der Waals surface area contributed by atoms with E-state index in [1.54, 1.807) is 6.21 Å². The lowest BCUT2D eigenvalue weighted by Gasteiger charge is -1.94. The molecule has 0 aromatic carbocycles. The molecule has 2 N–H and O–H groups in total. The van der Waals surface area contributed by atoms with Crippen molar-refractivity contribution in [3.63, 3.8) is 0 Å². The Labute approximate surface area is 85.6 Å². The predicted octanol–water partition coefficient (Wildman–Crippen LogP) is -0.159. The molecule has 0 saturated carbocycles. The highest BCUT2D eigenvalue weighted by molar-refractivity contribution is 5.76. The van der Waals surface area contributed by atoms with Crippen molar-refractivity contribution in [2.75, 3.05) is 5.73 Å². The Balaban J connectivity index is 2.22. The molecule has 0 unspecified atom stereocenters. The molecule has 0 radical (unpaired) electrons. The summed E-state index contributed by atoms with van der Waals surface area (Å²) < 4.78 is 0. The number of aryl methyl sites for hydroxylation is 1. The number of nitrogen functional groups attached to an aromatic ring is 1. The number of hydrogen-bond donors (Lipinski definition) is 1. The third kappa shape index (κ3) is 2.13. The second-order valence-electron chi connectivity index (χ2n) is 2.87. The zero-order valence-corrected chi connectivity index (χ0v) is 8.07. The molecular weight excluding hydrogens is 194 g/mol. The van der Waals surface area contributed by atoms with Crippen LogP contribution in [0.1, 0.15) is 11.4 Å². The van der Waals surface area contributed by atoms with Crippen molar-refractivity contribution in [3.05, 3.63) is 29.6 Å². The number of anilines is 1. The summed E-state index contributed by atoms with van der Waals surface area (Å²) in [6.07, 6.45) is 1.54. The van der Waals surface area contributed by atoms with Crippen LogP contribution in [0.3, 0.4) is 0 Å². The van der Waals surface area contributed by atoms with E-state index in [4.69, 9.17) is 5.73 Å². The van der Waals surface area contributed by atoms with Gasteiger partial charge in [-0.2, -0.15) is 5.10 Å². The average molecular weight is 203 g/mol. The second kappa shape index (κ2) is 3.82. The van der Waals surface area contributed by atoms with Crippen molar-refractivity contribution in [1.82, 2.24) is 25.3 Å². The van der Waals surface area contributed by atoms with Crippen LogP contribution >= 0.6 is 0 Å². The van der Waals surface area contributed by atoms with Gasteiger partial charge in [-0.1, -0.05) is 16.0 Å². The van der Waals surface area contributed by atoms with E-state index < -0.39 is 0 Å². The number of nitrogens with zero attached hydrogens (tertiary/aromatic N) is 6. The van der Waals surface area contributed by atoms with Gasteiger partial charge >= 0.3 is 0 Å². The van der Waals surface area contributed by atoms with Crippen LogP contribution in [-0.2, 0) is 0 Å². The highest BCUT2D eigenvalue weighted by Crippen LogP contribution is 1.96. The van der Waals surface area contributed by atoms with Gasteiger partial charge in [0.25, 0.3) is 5.95 Å². The van der Waals surface area contributed by atoms with Gasteiger partial charge in [0.2, 0.25) is 0 Å². The van der Waals surface area contributed by atoms with Gasteiger partial charge in [-0.25, -0.2) is 0 Å². The lowest BCUT2D eigenvalue weighted by Crippen LogP contribution is -2.00. The minimum absolute atomic E-state index is 0.138. The van der Waals surface area contributed by atoms with Crippen molar-refractivity contribution >= 4 is 12.2 Å². The third-order valence-electron chi connectivity index (χ3n) is 1.69. The number of nitrogens with two attached hydrogens (primary N) is 1. The molecule has 0 fully saturated rings. The maximum absolute atomic E-state index is 5.43. The van der Waals surface area contributed by atoms with Crippen molar-refractivity contribution in [2.24, 2.45) is 5.10 Å². The monoisotopic (exact) mass is 203 g/mol. The van der Waals surface area contributed by atoms with E-state index in [0.29, 0.717) is 0 Å². The van der Waals surface area contributed by atoms with Gasteiger partial charge in [0, 0.05) is 5.69 Å². The standard InChI is InChI=1S/C8H9N7/c1-6-3-2-4-7(11-6)5-10-15-8(9)12-13-14-15/h2-5H,1H3,(H2,9,12,14). The normalized spacial score (nSPS) is 11.0. The molecule has 2 heterocycles. The Bertz CT molecular complexity index is 487. The smallest absolute Gasteiger partial charge is 0.263 e. The van der Waals surface area contributed by atoms with Gasteiger partial charge in [-0.05, 0) is 29.5 Å². The average Bonchev–Trinajstić information content (AvgIpc) is 2.61. The van der Waals surface area contributed by atoms with Crippen LogP contribution in [0.4, 0.5) is 5.95 Å². The van der Waals surface area contributed by atoms with Crippen molar-refractivity contribution in [3.8, 4) is 0 Å². The number of pyridine rings is 1. The number of rotatable bonds is 2. The highest BCUT2D eigenvalue weighted by atomic mass is 15.7. The first kappa shape index (κ1) is 9.25. The number of aromatic nitrogens is 5. The van der Waals surface area contributed by atoms with Crippen LogP contribution in [-0.4, -0.2) is 31.5 Å². The fourth-order valence-electron chi connectivity index (χ4n) is 1.02. The quantitative estimate of drug-likeness (QED) is 0.684. The summed E-state index contributed by atoms with van der Waals surface area (Å²) in [6.45, 7) is 1.91. The summed E-state index contributed by atoms with van der Waals surface area (Å²) >= 11 is 0. The summed E-state index contributed by atoms with van der Waals surface area (Å²) in [5.41, 5.74) is 7.07. The first-order chi connectivity index (χ1) is 7.25. The van der Waals surface area contributed by atoms with E-state index in [1.165, 1.54) is 0 Å². The maximum Gasteiger partial charge on any atom is 0.263 e. The van der Waals surface area contributed by atoms with Crippen molar-refractivity contribution < 1.29 is 0 Å². The van der Waals surface area contributed by atoms with Gasteiger partial charge in [0.15, 0.2) is 0 Å². The van der Waals surface area contributed by atoms with Crippen LogP contribution in [0.5, 0.6) is 0 Å². The minimum Gasteiger partial charge on any atom is -0.365 e. The van der Waals surface area contributed by atoms with Crippen LogP contribution in [0.2, 0.25) is 0 Å².